The van der Waals surface area contributed by atoms with E-state index in [0.29, 0.717) is 12.1 Å². The normalized spacial score (nSPS) is 22.5. The molecule has 0 aliphatic carbocycles. The molecular weight excluding hydrogens is 590 g/mol. The third-order valence-corrected chi connectivity index (χ3v) is 9.76. The first-order valence-electron chi connectivity index (χ1n) is 15.2. The number of carboxylic acid groups (broad SMARTS) is 1. The Morgan fingerprint density at radius 3 is 2.04 bits per heavy atom. The summed E-state index contributed by atoms with van der Waals surface area (Å²) < 4.78 is 5.74. The molecule has 0 bridgehead atoms. The summed E-state index contributed by atoms with van der Waals surface area (Å²) in [6, 6.07) is 21.9. The van der Waals surface area contributed by atoms with Gasteiger partial charge in [-0.2, -0.15) is 0 Å². The molecule has 0 saturated carbocycles. The van der Waals surface area contributed by atoms with E-state index < -0.39 is 35.8 Å². The quantitative estimate of drug-likeness (QED) is 0.417. The van der Waals surface area contributed by atoms with E-state index in [1.165, 1.54) is 9.80 Å². The SMILES string of the molecule is CC(C)(C)OC(=O)N1c2ccccc2C[C@@H]1C(=O)N1C[C@@H](Sc2ccccc2)C[C@@H]1C(=O)N1Cc2ccccc2C[C@@H]1C(=O)O. The summed E-state index contributed by atoms with van der Waals surface area (Å²) in [4.78, 5) is 60.4. The third-order valence-electron chi connectivity index (χ3n) is 8.54. The average Bonchev–Trinajstić information content (AvgIpc) is 3.61. The monoisotopic (exact) mass is 627 g/mol. The summed E-state index contributed by atoms with van der Waals surface area (Å²) in [6.07, 6.45) is 0.226. The van der Waals surface area contributed by atoms with Gasteiger partial charge in [-0.3, -0.25) is 14.5 Å². The van der Waals surface area contributed by atoms with Crippen LogP contribution in [0.4, 0.5) is 10.5 Å². The van der Waals surface area contributed by atoms with Crippen molar-refractivity contribution in [2.24, 2.45) is 0 Å². The molecule has 4 atom stereocenters. The maximum Gasteiger partial charge on any atom is 0.415 e. The number of anilines is 1. The van der Waals surface area contributed by atoms with Gasteiger partial charge >= 0.3 is 12.1 Å². The Morgan fingerprint density at radius 2 is 1.36 bits per heavy atom. The molecule has 45 heavy (non-hydrogen) atoms. The number of aliphatic carboxylic acids is 1. The standard InChI is InChI=1S/C35H37N3O6S/c1-35(2,3)44-34(43)38-27-16-10-9-12-23(27)18-29(38)32(40)37-21-26(45-25-14-5-4-6-15-25)19-28(37)31(39)36-20-24-13-8-7-11-22(24)17-30(36)33(41)42/h4-16,26,28-30H,17-21H2,1-3H3,(H,41,42)/t26-,28+,29+,30+/m0/s1. The van der Waals surface area contributed by atoms with Gasteiger partial charge in [0.05, 0.1) is 5.69 Å². The number of thioether (sulfide) groups is 1. The summed E-state index contributed by atoms with van der Waals surface area (Å²) in [7, 11) is 0. The van der Waals surface area contributed by atoms with Crippen molar-refractivity contribution in [2.75, 3.05) is 11.4 Å². The fraction of sp³-hybridized carbons (Fsp3) is 0.371. The molecule has 10 heteroatoms. The van der Waals surface area contributed by atoms with Crippen LogP contribution in [-0.2, 0) is 38.5 Å². The van der Waals surface area contributed by atoms with E-state index in [4.69, 9.17) is 4.74 Å². The van der Waals surface area contributed by atoms with Crippen molar-refractivity contribution in [3.63, 3.8) is 0 Å². The van der Waals surface area contributed by atoms with Crippen LogP contribution in [0, 0.1) is 0 Å². The predicted octanol–water partition coefficient (Wildman–Crippen LogP) is 5.15. The number of hydrogen-bond acceptors (Lipinski definition) is 6. The molecule has 0 unspecified atom stereocenters. The average molecular weight is 628 g/mol. The lowest BCUT2D eigenvalue weighted by atomic mass is 9.93. The molecule has 0 aromatic heterocycles. The molecule has 0 spiro atoms. The van der Waals surface area contributed by atoms with Gasteiger partial charge in [-0.05, 0) is 62.1 Å². The number of benzene rings is 3. The molecule has 0 radical (unpaired) electrons. The van der Waals surface area contributed by atoms with Gasteiger partial charge in [0, 0.05) is 36.1 Å². The van der Waals surface area contributed by atoms with Crippen molar-refractivity contribution < 1.29 is 29.0 Å². The lowest BCUT2D eigenvalue weighted by Crippen LogP contribution is -2.58. The zero-order valence-electron chi connectivity index (χ0n) is 25.6. The second kappa shape index (κ2) is 12.2. The Bertz CT molecular complexity index is 1620. The maximum atomic E-state index is 14.6. The summed E-state index contributed by atoms with van der Waals surface area (Å²) in [5.74, 6) is -1.82. The van der Waals surface area contributed by atoms with Gasteiger partial charge in [0.2, 0.25) is 11.8 Å². The second-order valence-corrected chi connectivity index (χ2v) is 14.2. The molecule has 3 aliphatic rings. The summed E-state index contributed by atoms with van der Waals surface area (Å²) in [5, 5.41) is 10.1. The Morgan fingerprint density at radius 1 is 0.756 bits per heavy atom. The first-order valence-corrected chi connectivity index (χ1v) is 16.1. The van der Waals surface area contributed by atoms with Crippen molar-refractivity contribution in [2.45, 2.75) is 80.5 Å². The van der Waals surface area contributed by atoms with Crippen LogP contribution in [0.3, 0.4) is 0 Å². The van der Waals surface area contributed by atoms with Crippen molar-refractivity contribution in [1.82, 2.24) is 9.80 Å². The van der Waals surface area contributed by atoms with E-state index in [2.05, 4.69) is 0 Å². The van der Waals surface area contributed by atoms with E-state index in [9.17, 15) is 24.3 Å². The second-order valence-electron chi connectivity index (χ2n) is 12.8. The van der Waals surface area contributed by atoms with E-state index in [1.807, 2.05) is 72.8 Å². The highest BCUT2D eigenvalue weighted by Gasteiger charge is 2.49. The summed E-state index contributed by atoms with van der Waals surface area (Å²) in [5.41, 5.74) is 2.49. The number of para-hydroxylation sites is 1. The zero-order chi connectivity index (χ0) is 31.9. The van der Waals surface area contributed by atoms with Crippen LogP contribution in [0.5, 0.6) is 0 Å². The molecule has 3 aliphatic heterocycles. The van der Waals surface area contributed by atoms with Crippen molar-refractivity contribution in [3.8, 4) is 0 Å². The Kier molecular flexibility index (Phi) is 8.35. The molecule has 3 aromatic rings. The molecule has 9 nitrogen and oxygen atoms in total. The summed E-state index contributed by atoms with van der Waals surface area (Å²) in [6.45, 7) is 5.77. The number of rotatable bonds is 5. The molecule has 3 amide bonds. The van der Waals surface area contributed by atoms with Crippen LogP contribution >= 0.6 is 11.8 Å². The highest BCUT2D eigenvalue weighted by molar-refractivity contribution is 8.00. The fourth-order valence-corrected chi connectivity index (χ4v) is 7.74. The fourth-order valence-electron chi connectivity index (χ4n) is 6.53. The minimum absolute atomic E-state index is 0.107. The van der Waals surface area contributed by atoms with E-state index in [1.54, 1.807) is 43.5 Å². The van der Waals surface area contributed by atoms with Crippen LogP contribution < -0.4 is 4.90 Å². The molecule has 3 heterocycles. The van der Waals surface area contributed by atoms with Gasteiger partial charge in [-0.25, -0.2) is 9.59 Å². The van der Waals surface area contributed by atoms with Gasteiger partial charge in [-0.1, -0.05) is 60.7 Å². The van der Waals surface area contributed by atoms with Crippen molar-refractivity contribution >= 4 is 41.3 Å². The van der Waals surface area contributed by atoms with Gasteiger partial charge in [-0.15, -0.1) is 11.8 Å². The predicted molar refractivity (Wildman–Crippen MR) is 171 cm³/mol. The van der Waals surface area contributed by atoms with Crippen molar-refractivity contribution in [3.05, 3.63) is 95.6 Å². The Labute approximate surface area is 267 Å². The topological polar surface area (TPSA) is 107 Å². The van der Waals surface area contributed by atoms with Gasteiger partial charge in [0.15, 0.2) is 0 Å². The maximum absolute atomic E-state index is 14.6. The number of amides is 3. The van der Waals surface area contributed by atoms with E-state index >= 15 is 0 Å². The first kappa shape index (κ1) is 30.7. The number of carboxylic acids is 1. The highest BCUT2D eigenvalue weighted by Crippen LogP contribution is 2.39. The Hall–Kier alpha value is -4.31. The van der Waals surface area contributed by atoms with Crippen LogP contribution in [0.1, 0.15) is 43.9 Å². The van der Waals surface area contributed by atoms with Gasteiger partial charge < -0.3 is 19.6 Å². The lowest BCUT2D eigenvalue weighted by Gasteiger charge is -2.38. The molecule has 234 valence electrons. The third kappa shape index (κ3) is 6.29. The molecule has 1 N–H and O–H groups in total. The number of fused-ring (bicyclic) bond motifs is 2. The highest BCUT2D eigenvalue weighted by atomic mass is 32.2. The van der Waals surface area contributed by atoms with Gasteiger partial charge in [0.1, 0.15) is 23.7 Å². The molecule has 6 rings (SSSR count). The number of likely N-dealkylation sites (tertiary alicyclic amines) is 1. The van der Waals surface area contributed by atoms with Crippen LogP contribution in [0.25, 0.3) is 0 Å². The minimum Gasteiger partial charge on any atom is -0.480 e. The molecular formula is C35H37N3O6S. The number of carbonyl (C=O) groups excluding carboxylic acids is 3. The smallest absolute Gasteiger partial charge is 0.415 e. The van der Waals surface area contributed by atoms with Crippen LogP contribution in [0.2, 0.25) is 0 Å². The van der Waals surface area contributed by atoms with Crippen LogP contribution in [-0.4, -0.2) is 74.3 Å². The number of hydrogen-bond donors (Lipinski definition) is 1. The number of nitrogens with zero attached hydrogens (tertiary/aromatic N) is 3. The van der Waals surface area contributed by atoms with Crippen LogP contribution in [0.15, 0.2) is 83.8 Å². The minimum atomic E-state index is -1.08. The molecule has 3 aromatic carbocycles. The van der Waals surface area contributed by atoms with E-state index in [-0.39, 0.29) is 43.0 Å². The lowest BCUT2D eigenvalue weighted by molar-refractivity contribution is -0.155. The van der Waals surface area contributed by atoms with E-state index in [0.717, 1.165) is 21.6 Å². The number of ether oxygens (including phenoxy) is 1. The van der Waals surface area contributed by atoms with Crippen molar-refractivity contribution in [1.29, 1.82) is 0 Å². The summed E-state index contributed by atoms with van der Waals surface area (Å²) >= 11 is 1.59. The largest absolute Gasteiger partial charge is 0.480 e. The molecule has 1 fully saturated rings. The first-order chi connectivity index (χ1) is 21.5. The zero-order valence-corrected chi connectivity index (χ0v) is 26.4. The number of carbonyl (C=O) groups is 4. The Balaban J connectivity index is 1.33. The molecule has 1 saturated heterocycles. The van der Waals surface area contributed by atoms with Gasteiger partial charge in [0.25, 0.3) is 0 Å².